The summed E-state index contributed by atoms with van der Waals surface area (Å²) < 4.78 is 0. The zero-order valence-corrected chi connectivity index (χ0v) is 15.1. The summed E-state index contributed by atoms with van der Waals surface area (Å²) in [4.78, 5) is 13.9. The van der Waals surface area contributed by atoms with Gasteiger partial charge in [-0.25, -0.2) is 4.79 Å². The maximum atomic E-state index is 11.5. The van der Waals surface area contributed by atoms with E-state index in [0.717, 1.165) is 24.9 Å². The SMILES string of the molecule is Cc1ccc2c(c1)[C@@]1(C)CCN(C)[C@H](C2)[C@@H]1c1cccc(C(=O)O)c1. The Kier molecular flexibility index (Phi) is 3.73. The lowest BCUT2D eigenvalue weighted by Gasteiger charge is -2.55. The van der Waals surface area contributed by atoms with Gasteiger partial charge < -0.3 is 10.0 Å². The van der Waals surface area contributed by atoms with Crippen molar-refractivity contribution in [2.45, 2.75) is 44.1 Å². The monoisotopic (exact) mass is 335 g/mol. The first-order valence-electron chi connectivity index (χ1n) is 9.03. The van der Waals surface area contributed by atoms with Crippen LogP contribution < -0.4 is 0 Å². The minimum atomic E-state index is -0.849. The van der Waals surface area contributed by atoms with E-state index in [2.05, 4.69) is 50.1 Å². The van der Waals surface area contributed by atoms with Crippen molar-refractivity contribution in [2.24, 2.45) is 0 Å². The molecule has 0 aromatic heterocycles. The average Bonchev–Trinajstić information content (AvgIpc) is 2.59. The second-order valence-electron chi connectivity index (χ2n) is 7.99. The summed E-state index contributed by atoms with van der Waals surface area (Å²) in [6.45, 7) is 5.62. The Morgan fingerprint density at radius 1 is 1.24 bits per heavy atom. The third-order valence-electron chi connectivity index (χ3n) is 6.42. The van der Waals surface area contributed by atoms with Gasteiger partial charge in [-0.2, -0.15) is 0 Å². The van der Waals surface area contributed by atoms with E-state index in [4.69, 9.17) is 0 Å². The first kappa shape index (κ1) is 16.3. The molecular weight excluding hydrogens is 310 g/mol. The summed E-state index contributed by atoms with van der Waals surface area (Å²) in [5.41, 5.74) is 5.81. The predicted octanol–water partition coefficient (Wildman–Crippen LogP) is 3.99. The molecule has 1 aliphatic carbocycles. The Hall–Kier alpha value is -2.13. The third-order valence-corrected chi connectivity index (χ3v) is 6.42. The van der Waals surface area contributed by atoms with Crippen LogP contribution in [0.3, 0.4) is 0 Å². The molecule has 2 bridgehead atoms. The highest BCUT2D eigenvalue weighted by Gasteiger charge is 2.50. The van der Waals surface area contributed by atoms with Gasteiger partial charge in [0.15, 0.2) is 0 Å². The number of aromatic carboxylic acids is 1. The zero-order chi connectivity index (χ0) is 17.8. The van der Waals surface area contributed by atoms with Crippen molar-refractivity contribution < 1.29 is 9.90 Å². The van der Waals surface area contributed by atoms with Gasteiger partial charge in [0, 0.05) is 17.4 Å². The summed E-state index contributed by atoms with van der Waals surface area (Å²) >= 11 is 0. The molecule has 1 N–H and O–H groups in total. The summed E-state index contributed by atoms with van der Waals surface area (Å²) in [6, 6.07) is 14.9. The normalized spacial score (nSPS) is 28.4. The molecule has 0 radical (unpaired) electrons. The number of nitrogens with zero attached hydrogens (tertiary/aromatic N) is 1. The van der Waals surface area contributed by atoms with Gasteiger partial charge in [0.2, 0.25) is 0 Å². The van der Waals surface area contributed by atoms with E-state index in [0.29, 0.717) is 17.5 Å². The van der Waals surface area contributed by atoms with Crippen LogP contribution in [0.2, 0.25) is 0 Å². The highest BCUT2D eigenvalue weighted by molar-refractivity contribution is 5.87. The molecule has 4 rings (SSSR count). The summed E-state index contributed by atoms with van der Waals surface area (Å²) in [7, 11) is 2.21. The van der Waals surface area contributed by atoms with Crippen molar-refractivity contribution in [1.29, 1.82) is 0 Å². The molecule has 0 unspecified atom stereocenters. The molecule has 0 amide bonds. The van der Waals surface area contributed by atoms with Crippen molar-refractivity contribution in [2.75, 3.05) is 13.6 Å². The van der Waals surface area contributed by atoms with Crippen LogP contribution in [-0.2, 0) is 11.8 Å². The van der Waals surface area contributed by atoms with Crippen molar-refractivity contribution in [3.8, 4) is 0 Å². The number of hydrogen-bond donors (Lipinski definition) is 1. The van der Waals surface area contributed by atoms with E-state index in [1.165, 1.54) is 16.7 Å². The molecule has 3 atom stereocenters. The molecule has 1 saturated heterocycles. The Morgan fingerprint density at radius 2 is 2.04 bits per heavy atom. The number of rotatable bonds is 2. The standard InChI is InChI=1S/C22H25NO2/c1-14-7-8-15-13-19-20(16-5-4-6-17(12-16)21(24)25)22(2,18(15)11-14)9-10-23(19)3/h4-8,11-12,19-20H,9-10,13H2,1-3H3,(H,24,25)/t19-,20+,22-/m1/s1. The highest BCUT2D eigenvalue weighted by Crippen LogP contribution is 2.53. The molecular formula is C22H25NO2. The smallest absolute Gasteiger partial charge is 0.335 e. The third kappa shape index (κ3) is 2.49. The minimum absolute atomic E-state index is 0.0495. The fourth-order valence-corrected chi connectivity index (χ4v) is 5.07. The van der Waals surface area contributed by atoms with Crippen LogP contribution in [0.15, 0.2) is 42.5 Å². The van der Waals surface area contributed by atoms with Gasteiger partial charge in [-0.1, -0.05) is 42.8 Å². The van der Waals surface area contributed by atoms with Crippen molar-refractivity contribution in [1.82, 2.24) is 4.90 Å². The second kappa shape index (κ2) is 5.70. The average molecular weight is 335 g/mol. The fourth-order valence-electron chi connectivity index (χ4n) is 5.07. The lowest BCUT2D eigenvalue weighted by Crippen LogP contribution is -2.56. The topological polar surface area (TPSA) is 40.5 Å². The maximum absolute atomic E-state index is 11.5. The number of fused-ring (bicyclic) bond motifs is 4. The maximum Gasteiger partial charge on any atom is 0.335 e. The van der Waals surface area contributed by atoms with Gasteiger partial charge in [-0.05, 0) is 62.2 Å². The summed E-state index contributed by atoms with van der Waals surface area (Å²) in [5.74, 6) is -0.530. The number of carboxylic acids is 1. The van der Waals surface area contributed by atoms with E-state index >= 15 is 0 Å². The first-order valence-corrected chi connectivity index (χ1v) is 9.03. The van der Waals surface area contributed by atoms with Gasteiger partial charge in [0.1, 0.15) is 0 Å². The van der Waals surface area contributed by atoms with E-state index < -0.39 is 5.97 Å². The lowest BCUT2D eigenvalue weighted by atomic mass is 9.56. The van der Waals surface area contributed by atoms with Crippen LogP contribution in [0.1, 0.15) is 51.9 Å². The summed E-state index contributed by atoms with van der Waals surface area (Å²) in [5, 5.41) is 9.41. The number of likely N-dealkylation sites (N-methyl/N-ethyl adjacent to an activating group) is 1. The molecule has 1 heterocycles. The first-order chi connectivity index (χ1) is 11.9. The quantitative estimate of drug-likeness (QED) is 0.902. The number of likely N-dealkylation sites (tertiary alicyclic amines) is 1. The van der Waals surface area contributed by atoms with Gasteiger partial charge in [-0.3, -0.25) is 0 Å². The van der Waals surface area contributed by atoms with Crippen LogP contribution in [0.4, 0.5) is 0 Å². The van der Waals surface area contributed by atoms with E-state index in [1.807, 2.05) is 12.1 Å². The second-order valence-corrected chi connectivity index (χ2v) is 7.99. The highest BCUT2D eigenvalue weighted by atomic mass is 16.4. The van der Waals surface area contributed by atoms with Gasteiger partial charge >= 0.3 is 5.97 Å². The van der Waals surface area contributed by atoms with Gasteiger partial charge in [0.05, 0.1) is 5.56 Å². The molecule has 0 saturated carbocycles. The van der Waals surface area contributed by atoms with Crippen molar-refractivity contribution in [3.63, 3.8) is 0 Å². The Bertz CT molecular complexity index is 844. The Morgan fingerprint density at radius 3 is 2.80 bits per heavy atom. The van der Waals surface area contributed by atoms with Crippen LogP contribution in [0.25, 0.3) is 0 Å². The molecule has 3 heteroatoms. The minimum Gasteiger partial charge on any atom is -0.478 e. The van der Waals surface area contributed by atoms with E-state index in [9.17, 15) is 9.90 Å². The number of hydrogen-bond acceptors (Lipinski definition) is 2. The van der Waals surface area contributed by atoms with Crippen molar-refractivity contribution in [3.05, 3.63) is 70.3 Å². The van der Waals surface area contributed by atoms with Crippen LogP contribution in [0, 0.1) is 6.92 Å². The van der Waals surface area contributed by atoms with E-state index in [1.54, 1.807) is 6.07 Å². The van der Waals surface area contributed by atoms with Crippen LogP contribution in [-0.4, -0.2) is 35.6 Å². The molecule has 0 spiro atoms. The fraction of sp³-hybridized carbons (Fsp3) is 0.409. The largest absolute Gasteiger partial charge is 0.478 e. The van der Waals surface area contributed by atoms with Crippen LogP contribution in [0.5, 0.6) is 0 Å². The van der Waals surface area contributed by atoms with Crippen LogP contribution >= 0.6 is 0 Å². The Balaban J connectivity index is 1.90. The van der Waals surface area contributed by atoms with Crippen molar-refractivity contribution >= 4 is 5.97 Å². The molecule has 25 heavy (non-hydrogen) atoms. The Labute approximate surface area is 149 Å². The molecule has 2 aromatic rings. The molecule has 3 nitrogen and oxygen atoms in total. The zero-order valence-electron chi connectivity index (χ0n) is 15.1. The number of carbonyl (C=O) groups is 1. The molecule has 2 aliphatic rings. The predicted molar refractivity (Wildman–Crippen MR) is 99.4 cm³/mol. The number of carboxylic acid groups (broad SMARTS) is 1. The number of aryl methyl sites for hydroxylation is 1. The van der Waals surface area contributed by atoms with Gasteiger partial charge in [-0.15, -0.1) is 0 Å². The molecule has 2 aromatic carbocycles. The molecule has 130 valence electrons. The summed E-state index contributed by atoms with van der Waals surface area (Å²) in [6.07, 6.45) is 2.13. The van der Waals surface area contributed by atoms with Gasteiger partial charge in [0.25, 0.3) is 0 Å². The lowest BCUT2D eigenvalue weighted by molar-refractivity contribution is 0.0694. The molecule has 1 aliphatic heterocycles. The number of piperidine rings is 1. The number of benzene rings is 2. The molecule has 1 fully saturated rings. The van der Waals surface area contributed by atoms with E-state index in [-0.39, 0.29) is 5.41 Å².